The summed E-state index contributed by atoms with van der Waals surface area (Å²) >= 11 is 9.84. The van der Waals surface area contributed by atoms with Gasteiger partial charge < -0.3 is 10.2 Å². The number of nitrogens with zero attached hydrogens (tertiary/aromatic N) is 1. The van der Waals surface area contributed by atoms with Gasteiger partial charge in [0.2, 0.25) is 0 Å². The molecule has 1 fully saturated rings. The molecule has 1 heterocycles. The molecule has 19 heavy (non-hydrogen) atoms. The molecule has 1 aromatic rings. The third kappa shape index (κ3) is 4.45. The van der Waals surface area contributed by atoms with Crippen LogP contribution in [0.3, 0.4) is 0 Å². The molecule has 0 aliphatic carbocycles. The molecule has 1 saturated heterocycles. The molecule has 1 aliphatic heterocycles. The van der Waals surface area contributed by atoms with E-state index in [1.807, 2.05) is 6.07 Å². The zero-order valence-corrected chi connectivity index (χ0v) is 13.8. The van der Waals surface area contributed by atoms with Crippen molar-refractivity contribution in [2.45, 2.75) is 32.2 Å². The van der Waals surface area contributed by atoms with Crippen LogP contribution in [-0.2, 0) is 0 Å². The fourth-order valence-corrected chi connectivity index (χ4v) is 3.52. The number of likely N-dealkylation sites (tertiary alicyclic amines) is 1. The number of benzene rings is 1. The standard InChI is InChI=1S/C15H22BrClN2/c1-2-18-15(7-10-19-8-3-4-9-19)13-6-5-12(16)11-14(13)17/h5-6,11,15,18H,2-4,7-10H2,1H3. The number of rotatable bonds is 6. The molecule has 2 nitrogen and oxygen atoms in total. The minimum Gasteiger partial charge on any atom is -0.310 e. The first-order valence-electron chi connectivity index (χ1n) is 7.11. The first kappa shape index (κ1) is 15.3. The van der Waals surface area contributed by atoms with E-state index in [4.69, 9.17) is 11.6 Å². The number of hydrogen-bond donors (Lipinski definition) is 1. The molecule has 1 aliphatic rings. The van der Waals surface area contributed by atoms with Crippen LogP contribution in [-0.4, -0.2) is 31.1 Å². The van der Waals surface area contributed by atoms with Crippen molar-refractivity contribution in [3.05, 3.63) is 33.3 Å². The summed E-state index contributed by atoms with van der Waals surface area (Å²) in [6.07, 6.45) is 3.82. The second-order valence-electron chi connectivity index (χ2n) is 5.11. The fraction of sp³-hybridized carbons (Fsp3) is 0.600. The van der Waals surface area contributed by atoms with Gasteiger partial charge in [0.15, 0.2) is 0 Å². The summed E-state index contributed by atoms with van der Waals surface area (Å²) in [5.41, 5.74) is 1.21. The van der Waals surface area contributed by atoms with Crippen LogP contribution >= 0.6 is 27.5 Å². The fourth-order valence-electron chi connectivity index (χ4n) is 2.72. The zero-order chi connectivity index (χ0) is 13.7. The lowest BCUT2D eigenvalue weighted by Gasteiger charge is -2.23. The third-order valence-corrected chi connectivity index (χ3v) is 4.54. The summed E-state index contributed by atoms with van der Waals surface area (Å²) in [5, 5.41) is 4.41. The Labute approximate surface area is 129 Å². The average molecular weight is 346 g/mol. The van der Waals surface area contributed by atoms with E-state index in [-0.39, 0.29) is 0 Å². The summed E-state index contributed by atoms with van der Waals surface area (Å²) in [5.74, 6) is 0. The van der Waals surface area contributed by atoms with E-state index in [0.717, 1.165) is 29.0 Å². The highest BCUT2D eigenvalue weighted by molar-refractivity contribution is 9.10. The molecule has 2 rings (SSSR count). The molecular formula is C15H22BrClN2. The molecule has 4 heteroatoms. The molecule has 0 spiro atoms. The van der Waals surface area contributed by atoms with E-state index in [1.165, 1.54) is 31.5 Å². The van der Waals surface area contributed by atoms with Gasteiger partial charge in [0.25, 0.3) is 0 Å². The van der Waals surface area contributed by atoms with Crippen LogP contribution in [0, 0.1) is 0 Å². The molecular weight excluding hydrogens is 324 g/mol. The predicted molar refractivity (Wildman–Crippen MR) is 85.9 cm³/mol. The van der Waals surface area contributed by atoms with Gasteiger partial charge in [-0.2, -0.15) is 0 Å². The molecule has 0 bridgehead atoms. The molecule has 106 valence electrons. The first-order valence-corrected chi connectivity index (χ1v) is 8.28. The van der Waals surface area contributed by atoms with Gasteiger partial charge in [-0.15, -0.1) is 0 Å². The smallest absolute Gasteiger partial charge is 0.0465 e. The highest BCUT2D eigenvalue weighted by Gasteiger charge is 2.17. The summed E-state index contributed by atoms with van der Waals surface area (Å²) < 4.78 is 1.04. The normalized spacial score (nSPS) is 17.8. The molecule has 0 saturated carbocycles. The van der Waals surface area contributed by atoms with Gasteiger partial charge in [-0.05, 0) is 63.1 Å². The maximum absolute atomic E-state index is 6.37. The lowest BCUT2D eigenvalue weighted by Crippen LogP contribution is -2.28. The van der Waals surface area contributed by atoms with Gasteiger partial charge in [-0.25, -0.2) is 0 Å². The van der Waals surface area contributed by atoms with Gasteiger partial charge in [-0.1, -0.05) is 40.5 Å². The second-order valence-corrected chi connectivity index (χ2v) is 6.44. The Balaban J connectivity index is 2.01. The summed E-state index contributed by atoms with van der Waals surface area (Å²) in [4.78, 5) is 2.55. The molecule has 1 atom stereocenters. The van der Waals surface area contributed by atoms with Crippen LogP contribution in [0.15, 0.2) is 22.7 Å². The van der Waals surface area contributed by atoms with Gasteiger partial charge in [-0.3, -0.25) is 0 Å². The molecule has 0 aromatic heterocycles. The summed E-state index contributed by atoms with van der Waals surface area (Å²) in [6.45, 7) is 6.79. The quantitative estimate of drug-likeness (QED) is 0.829. The van der Waals surface area contributed by atoms with Crippen molar-refractivity contribution >= 4 is 27.5 Å². The molecule has 1 unspecified atom stereocenters. The van der Waals surface area contributed by atoms with E-state index in [9.17, 15) is 0 Å². The van der Waals surface area contributed by atoms with Crippen molar-refractivity contribution in [1.82, 2.24) is 10.2 Å². The minimum atomic E-state index is 0.353. The van der Waals surface area contributed by atoms with Crippen molar-refractivity contribution in [2.24, 2.45) is 0 Å². The van der Waals surface area contributed by atoms with Crippen molar-refractivity contribution in [3.63, 3.8) is 0 Å². The van der Waals surface area contributed by atoms with Crippen LogP contribution in [0.5, 0.6) is 0 Å². The largest absolute Gasteiger partial charge is 0.310 e. The van der Waals surface area contributed by atoms with Crippen molar-refractivity contribution in [2.75, 3.05) is 26.2 Å². The van der Waals surface area contributed by atoms with Gasteiger partial charge in [0.1, 0.15) is 0 Å². The second kappa shape index (κ2) is 7.63. The van der Waals surface area contributed by atoms with Crippen LogP contribution < -0.4 is 5.32 Å². The Morgan fingerprint density at radius 1 is 1.37 bits per heavy atom. The Morgan fingerprint density at radius 2 is 2.11 bits per heavy atom. The van der Waals surface area contributed by atoms with Crippen LogP contribution in [0.25, 0.3) is 0 Å². The van der Waals surface area contributed by atoms with E-state index in [0.29, 0.717) is 6.04 Å². The van der Waals surface area contributed by atoms with Crippen LogP contribution in [0.1, 0.15) is 37.8 Å². The number of hydrogen-bond acceptors (Lipinski definition) is 2. The highest BCUT2D eigenvalue weighted by Crippen LogP contribution is 2.28. The third-order valence-electron chi connectivity index (χ3n) is 3.72. The average Bonchev–Trinajstić information content (AvgIpc) is 2.88. The molecule has 0 radical (unpaired) electrons. The predicted octanol–water partition coefficient (Wildman–Crippen LogP) is 4.24. The van der Waals surface area contributed by atoms with Crippen molar-refractivity contribution in [3.8, 4) is 0 Å². The Kier molecular flexibility index (Phi) is 6.14. The maximum atomic E-state index is 6.37. The molecule has 1 N–H and O–H groups in total. The zero-order valence-electron chi connectivity index (χ0n) is 11.5. The Bertz CT molecular complexity index is 405. The monoisotopic (exact) mass is 344 g/mol. The summed E-state index contributed by atoms with van der Waals surface area (Å²) in [6, 6.07) is 6.54. The Hall–Kier alpha value is -0.0900. The van der Waals surface area contributed by atoms with E-state index >= 15 is 0 Å². The first-order chi connectivity index (χ1) is 9.20. The SMILES string of the molecule is CCNC(CCN1CCCC1)c1ccc(Br)cc1Cl. The summed E-state index contributed by atoms with van der Waals surface area (Å²) in [7, 11) is 0. The highest BCUT2D eigenvalue weighted by atomic mass is 79.9. The minimum absolute atomic E-state index is 0.353. The van der Waals surface area contributed by atoms with E-state index in [2.05, 4.69) is 45.2 Å². The van der Waals surface area contributed by atoms with Crippen molar-refractivity contribution in [1.29, 1.82) is 0 Å². The van der Waals surface area contributed by atoms with Gasteiger partial charge in [0.05, 0.1) is 0 Å². The van der Waals surface area contributed by atoms with Gasteiger partial charge in [0, 0.05) is 15.5 Å². The van der Waals surface area contributed by atoms with Crippen LogP contribution in [0.2, 0.25) is 5.02 Å². The topological polar surface area (TPSA) is 15.3 Å². The molecule has 1 aromatic carbocycles. The lowest BCUT2D eigenvalue weighted by atomic mass is 10.0. The Morgan fingerprint density at radius 3 is 2.74 bits per heavy atom. The van der Waals surface area contributed by atoms with E-state index < -0.39 is 0 Å². The number of nitrogens with one attached hydrogen (secondary N) is 1. The van der Waals surface area contributed by atoms with Crippen molar-refractivity contribution < 1.29 is 0 Å². The van der Waals surface area contributed by atoms with Gasteiger partial charge >= 0.3 is 0 Å². The van der Waals surface area contributed by atoms with Crippen LogP contribution in [0.4, 0.5) is 0 Å². The molecule has 0 amide bonds. The lowest BCUT2D eigenvalue weighted by molar-refractivity contribution is 0.311. The van der Waals surface area contributed by atoms with E-state index in [1.54, 1.807) is 0 Å². The number of halogens is 2. The maximum Gasteiger partial charge on any atom is 0.0465 e.